The Kier molecular flexibility index (Phi) is 6.11. The number of amides is 1. The van der Waals surface area contributed by atoms with Gasteiger partial charge in [0.2, 0.25) is 5.91 Å². The van der Waals surface area contributed by atoms with Crippen molar-refractivity contribution in [2.75, 3.05) is 32.0 Å². The molecule has 186 valence electrons. The first-order valence-corrected chi connectivity index (χ1v) is 12.2. The first kappa shape index (κ1) is 23.9. The minimum atomic E-state index is -4.58. The second-order valence-corrected chi connectivity index (χ2v) is 10.4. The Morgan fingerprint density at radius 1 is 1.29 bits per heavy atom. The van der Waals surface area contributed by atoms with E-state index >= 15 is 0 Å². The number of hydrogen-bond donors (Lipinski definition) is 2. The van der Waals surface area contributed by atoms with Gasteiger partial charge < -0.3 is 15.5 Å². The molecule has 0 unspecified atom stereocenters. The molecule has 8 heteroatoms. The molecule has 1 spiro atoms. The van der Waals surface area contributed by atoms with Crippen molar-refractivity contribution in [1.29, 1.82) is 0 Å². The zero-order valence-electron chi connectivity index (χ0n) is 19.9. The third kappa shape index (κ3) is 5.08. The molecule has 5 rings (SSSR count). The number of nitrogens with zero attached hydrogens (tertiary/aromatic N) is 2. The largest absolute Gasteiger partial charge is 0.417 e. The van der Waals surface area contributed by atoms with Gasteiger partial charge in [-0.2, -0.15) is 13.2 Å². The van der Waals surface area contributed by atoms with Crippen molar-refractivity contribution in [3.63, 3.8) is 0 Å². The van der Waals surface area contributed by atoms with E-state index in [4.69, 9.17) is 0 Å². The number of rotatable bonds is 7. The standard InChI is InChI=1S/C27H31F3N4O/c1-17(27(28,29)30)24-21-6-3-7-23(32-20-14-26(15-20)10-12-34(2)16-26)22(21)13-19(33-24)5-4-11-31-25(35)18-8-9-18/h3-7,13,18,20,32H,1,8-12,14-16H2,2H3,(H,31,35)/b5-4+. The summed E-state index contributed by atoms with van der Waals surface area (Å²) in [6.45, 7) is 5.84. The number of aromatic nitrogens is 1. The molecule has 3 aliphatic rings. The summed E-state index contributed by atoms with van der Waals surface area (Å²) >= 11 is 0. The Hall–Kier alpha value is -2.87. The summed E-state index contributed by atoms with van der Waals surface area (Å²) in [5, 5.41) is 7.52. The third-order valence-electron chi connectivity index (χ3n) is 7.50. The first-order chi connectivity index (χ1) is 16.6. The molecular weight excluding hydrogens is 453 g/mol. The van der Waals surface area contributed by atoms with Gasteiger partial charge in [-0.05, 0) is 69.3 Å². The van der Waals surface area contributed by atoms with Gasteiger partial charge in [0.15, 0.2) is 0 Å². The van der Waals surface area contributed by atoms with Gasteiger partial charge in [-0.3, -0.25) is 4.79 Å². The SMILES string of the molecule is C=C(c1nc(/C=C/CNC(=O)C2CC2)cc2c(NC3CC4(CCN(C)C4)C3)cccc12)C(F)(F)F. The van der Waals surface area contributed by atoms with Gasteiger partial charge in [0.1, 0.15) is 0 Å². The number of anilines is 1. The molecule has 2 aliphatic carbocycles. The van der Waals surface area contributed by atoms with Crippen LogP contribution in [-0.4, -0.2) is 54.7 Å². The quantitative estimate of drug-likeness (QED) is 0.564. The van der Waals surface area contributed by atoms with E-state index in [1.54, 1.807) is 24.3 Å². The van der Waals surface area contributed by atoms with Crippen LogP contribution >= 0.6 is 0 Å². The second-order valence-electron chi connectivity index (χ2n) is 10.4. The number of carbonyl (C=O) groups excluding carboxylic acids is 1. The average molecular weight is 485 g/mol. The Morgan fingerprint density at radius 2 is 2.06 bits per heavy atom. The third-order valence-corrected chi connectivity index (χ3v) is 7.50. The number of alkyl halides is 3. The Bertz CT molecular complexity index is 1180. The summed E-state index contributed by atoms with van der Waals surface area (Å²) in [6, 6.07) is 7.45. The van der Waals surface area contributed by atoms with Crippen LogP contribution in [0.4, 0.5) is 18.9 Å². The molecule has 2 aromatic rings. The van der Waals surface area contributed by atoms with Crippen molar-refractivity contribution < 1.29 is 18.0 Å². The van der Waals surface area contributed by atoms with E-state index in [1.807, 2.05) is 12.1 Å². The first-order valence-electron chi connectivity index (χ1n) is 12.2. The maximum atomic E-state index is 13.6. The van der Waals surface area contributed by atoms with Gasteiger partial charge in [0.25, 0.3) is 0 Å². The van der Waals surface area contributed by atoms with E-state index in [0.29, 0.717) is 34.5 Å². The van der Waals surface area contributed by atoms with E-state index in [2.05, 4.69) is 34.1 Å². The summed E-state index contributed by atoms with van der Waals surface area (Å²) in [4.78, 5) is 18.5. The molecule has 1 aromatic heterocycles. The molecule has 5 nitrogen and oxygen atoms in total. The predicted octanol–water partition coefficient (Wildman–Crippen LogP) is 5.25. The Labute approximate surface area is 203 Å². The summed E-state index contributed by atoms with van der Waals surface area (Å²) in [5.41, 5.74) is 0.447. The van der Waals surface area contributed by atoms with Crippen molar-refractivity contribution in [1.82, 2.24) is 15.2 Å². The van der Waals surface area contributed by atoms with Crippen LogP contribution in [0.15, 0.2) is 36.9 Å². The zero-order valence-corrected chi connectivity index (χ0v) is 19.9. The highest BCUT2D eigenvalue weighted by atomic mass is 19.4. The van der Waals surface area contributed by atoms with Crippen molar-refractivity contribution in [3.8, 4) is 0 Å². The van der Waals surface area contributed by atoms with Crippen molar-refractivity contribution in [2.24, 2.45) is 11.3 Å². The number of halogens is 3. The van der Waals surface area contributed by atoms with Gasteiger partial charge in [-0.25, -0.2) is 4.98 Å². The lowest BCUT2D eigenvalue weighted by Crippen LogP contribution is -2.46. The molecule has 1 aliphatic heterocycles. The lowest BCUT2D eigenvalue weighted by atomic mass is 9.65. The van der Waals surface area contributed by atoms with Gasteiger partial charge in [0.05, 0.1) is 17.0 Å². The molecule has 0 bridgehead atoms. The molecule has 2 N–H and O–H groups in total. The fourth-order valence-corrected chi connectivity index (χ4v) is 5.50. The average Bonchev–Trinajstić information content (AvgIpc) is 3.57. The van der Waals surface area contributed by atoms with Gasteiger partial charge in [-0.15, -0.1) is 0 Å². The minimum Gasteiger partial charge on any atom is -0.382 e. The monoisotopic (exact) mass is 484 g/mol. The summed E-state index contributed by atoms with van der Waals surface area (Å²) in [7, 11) is 2.15. The molecular formula is C27H31F3N4O. The molecule has 3 fully saturated rings. The molecule has 2 heterocycles. The van der Waals surface area contributed by atoms with Crippen molar-refractivity contribution in [3.05, 3.63) is 48.3 Å². The van der Waals surface area contributed by atoms with Crippen LogP contribution in [0.2, 0.25) is 0 Å². The molecule has 1 aromatic carbocycles. The highest BCUT2D eigenvalue weighted by molar-refractivity contribution is 6.00. The van der Waals surface area contributed by atoms with E-state index in [0.717, 1.165) is 44.5 Å². The molecule has 35 heavy (non-hydrogen) atoms. The molecule has 2 saturated carbocycles. The Balaban J connectivity index is 1.41. The summed E-state index contributed by atoms with van der Waals surface area (Å²) in [6.07, 6.45) is 3.95. The lowest BCUT2D eigenvalue weighted by Gasteiger charge is -2.46. The smallest absolute Gasteiger partial charge is 0.382 e. The van der Waals surface area contributed by atoms with Crippen molar-refractivity contribution >= 4 is 34.0 Å². The van der Waals surface area contributed by atoms with Crippen LogP contribution in [0.1, 0.15) is 43.5 Å². The van der Waals surface area contributed by atoms with E-state index in [-0.39, 0.29) is 17.5 Å². The molecule has 1 amide bonds. The van der Waals surface area contributed by atoms with Crippen molar-refractivity contribution in [2.45, 2.75) is 44.3 Å². The van der Waals surface area contributed by atoms with E-state index in [9.17, 15) is 18.0 Å². The van der Waals surface area contributed by atoms with Crippen LogP contribution in [0.5, 0.6) is 0 Å². The van der Waals surface area contributed by atoms with Gasteiger partial charge in [0, 0.05) is 41.5 Å². The minimum absolute atomic E-state index is 0.0190. The van der Waals surface area contributed by atoms with Crippen LogP contribution < -0.4 is 10.6 Å². The van der Waals surface area contributed by atoms with E-state index in [1.165, 1.54) is 6.42 Å². The number of likely N-dealkylation sites (tertiary alicyclic amines) is 1. The highest BCUT2D eigenvalue weighted by Gasteiger charge is 2.47. The summed E-state index contributed by atoms with van der Waals surface area (Å²) in [5.74, 6) is 0.123. The highest BCUT2D eigenvalue weighted by Crippen LogP contribution is 2.49. The number of hydrogen-bond acceptors (Lipinski definition) is 4. The van der Waals surface area contributed by atoms with Crippen LogP contribution in [0.3, 0.4) is 0 Å². The number of pyridine rings is 1. The number of nitrogens with one attached hydrogen (secondary N) is 2. The lowest BCUT2D eigenvalue weighted by molar-refractivity contribution is -0.122. The summed E-state index contributed by atoms with van der Waals surface area (Å²) < 4.78 is 40.9. The van der Waals surface area contributed by atoms with Crippen LogP contribution in [-0.2, 0) is 4.79 Å². The fourth-order valence-electron chi connectivity index (χ4n) is 5.50. The Morgan fingerprint density at radius 3 is 2.71 bits per heavy atom. The predicted molar refractivity (Wildman–Crippen MR) is 133 cm³/mol. The maximum absolute atomic E-state index is 13.6. The number of carbonyl (C=O) groups is 1. The molecule has 0 atom stereocenters. The topological polar surface area (TPSA) is 57.3 Å². The number of benzene rings is 1. The second kappa shape index (κ2) is 8.97. The van der Waals surface area contributed by atoms with Crippen LogP contribution in [0, 0.1) is 11.3 Å². The van der Waals surface area contributed by atoms with Crippen LogP contribution in [0.25, 0.3) is 22.4 Å². The molecule has 0 radical (unpaired) electrons. The normalized spacial score (nSPS) is 24.7. The number of fused-ring (bicyclic) bond motifs is 1. The number of allylic oxidation sites excluding steroid dienone is 1. The zero-order chi connectivity index (χ0) is 24.8. The van der Waals surface area contributed by atoms with Gasteiger partial charge >= 0.3 is 6.18 Å². The molecule has 1 saturated heterocycles. The van der Waals surface area contributed by atoms with E-state index < -0.39 is 11.7 Å². The maximum Gasteiger partial charge on any atom is 0.417 e. The fraction of sp³-hybridized carbons (Fsp3) is 0.481. The van der Waals surface area contributed by atoms with Gasteiger partial charge in [-0.1, -0.05) is 24.8 Å².